The highest BCUT2D eigenvalue weighted by atomic mass is 32.2. The Kier molecular flexibility index (Phi) is 6.52. The smallest absolute Gasteiger partial charge is 0.261 e. The molecule has 0 aliphatic heterocycles. The maximum atomic E-state index is 13.4. The minimum atomic E-state index is 0.0319. The second-order valence-corrected chi connectivity index (χ2v) is 8.79. The third-order valence-electron chi connectivity index (χ3n) is 4.40. The molecule has 0 aliphatic rings. The Bertz CT molecular complexity index is 936. The van der Waals surface area contributed by atoms with Gasteiger partial charge in [0.25, 0.3) is 5.91 Å². The second-order valence-electron chi connectivity index (χ2n) is 6.94. The summed E-state index contributed by atoms with van der Waals surface area (Å²) >= 11 is 3.20. The van der Waals surface area contributed by atoms with Gasteiger partial charge in [0.2, 0.25) is 0 Å². The van der Waals surface area contributed by atoms with Gasteiger partial charge in [-0.05, 0) is 43.0 Å². The second kappa shape index (κ2) is 8.87. The summed E-state index contributed by atoms with van der Waals surface area (Å²) in [6.45, 7) is 3.76. The number of nitrogens with zero attached hydrogens (tertiary/aromatic N) is 2. The summed E-state index contributed by atoms with van der Waals surface area (Å²) in [6.07, 6.45) is 2.94. The molecule has 1 amide bonds. The lowest BCUT2D eigenvalue weighted by Crippen LogP contribution is -3.05. The van der Waals surface area contributed by atoms with Gasteiger partial charge in [0.05, 0.1) is 36.4 Å². The van der Waals surface area contributed by atoms with Crippen molar-refractivity contribution in [2.24, 2.45) is 0 Å². The van der Waals surface area contributed by atoms with Crippen molar-refractivity contribution in [2.75, 3.05) is 38.3 Å². The summed E-state index contributed by atoms with van der Waals surface area (Å²) in [5.74, 6) is 0.0319. The van der Waals surface area contributed by atoms with Crippen LogP contribution in [-0.4, -0.2) is 44.3 Å². The van der Waals surface area contributed by atoms with Gasteiger partial charge in [-0.2, -0.15) is 0 Å². The quantitative estimate of drug-likeness (QED) is 0.617. The lowest BCUT2D eigenvalue weighted by atomic mass is 10.2. The van der Waals surface area contributed by atoms with Crippen LogP contribution in [-0.2, 0) is 0 Å². The zero-order valence-corrected chi connectivity index (χ0v) is 17.9. The van der Waals surface area contributed by atoms with Crippen LogP contribution < -0.4 is 9.80 Å². The van der Waals surface area contributed by atoms with Gasteiger partial charge in [0.15, 0.2) is 5.13 Å². The lowest BCUT2D eigenvalue weighted by molar-refractivity contribution is -0.858. The number of thiazole rings is 1. The van der Waals surface area contributed by atoms with Gasteiger partial charge in [-0.1, -0.05) is 29.5 Å². The molecule has 27 heavy (non-hydrogen) atoms. The Morgan fingerprint density at radius 2 is 2.00 bits per heavy atom. The predicted molar refractivity (Wildman–Crippen MR) is 117 cm³/mol. The average molecular weight is 401 g/mol. The van der Waals surface area contributed by atoms with E-state index in [2.05, 4.69) is 33.2 Å². The highest BCUT2D eigenvalue weighted by Crippen LogP contribution is 2.31. The van der Waals surface area contributed by atoms with Gasteiger partial charge >= 0.3 is 0 Å². The number of hydrogen-bond acceptors (Lipinski definition) is 4. The number of fused-ring (bicyclic) bond motifs is 1. The Balaban J connectivity index is 1.97. The average Bonchev–Trinajstić information content (AvgIpc) is 3.07. The summed E-state index contributed by atoms with van der Waals surface area (Å²) in [5.41, 5.74) is 2.91. The largest absolute Gasteiger partial charge is 0.340 e. The van der Waals surface area contributed by atoms with E-state index in [9.17, 15) is 4.79 Å². The number of thioether (sulfide) groups is 1. The lowest BCUT2D eigenvalue weighted by Gasteiger charge is -2.21. The van der Waals surface area contributed by atoms with E-state index in [-0.39, 0.29) is 5.91 Å². The molecule has 0 saturated carbocycles. The first kappa shape index (κ1) is 19.9. The van der Waals surface area contributed by atoms with Crippen molar-refractivity contribution in [3.63, 3.8) is 0 Å². The topological polar surface area (TPSA) is 37.6 Å². The highest BCUT2D eigenvalue weighted by Gasteiger charge is 2.23. The molecule has 2 aromatic carbocycles. The van der Waals surface area contributed by atoms with Gasteiger partial charge in [0.1, 0.15) is 0 Å². The fourth-order valence-electron chi connectivity index (χ4n) is 2.98. The molecule has 0 bridgehead atoms. The molecule has 0 aliphatic carbocycles. The van der Waals surface area contributed by atoms with E-state index in [1.165, 1.54) is 10.5 Å². The fourth-order valence-corrected chi connectivity index (χ4v) is 4.65. The first-order valence-corrected chi connectivity index (χ1v) is 11.1. The Hall–Kier alpha value is -1.89. The van der Waals surface area contributed by atoms with Crippen LogP contribution in [0.2, 0.25) is 0 Å². The summed E-state index contributed by atoms with van der Waals surface area (Å²) < 4.78 is 1.12. The number of benzene rings is 2. The van der Waals surface area contributed by atoms with Crippen LogP contribution in [0.1, 0.15) is 22.3 Å². The van der Waals surface area contributed by atoms with Crippen LogP contribution in [0.25, 0.3) is 10.2 Å². The minimum absolute atomic E-state index is 0.0319. The molecule has 142 valence electrons. The van der Waals surface area contributed by atoms with Gasteiger partial charge in [-0.3, -0.25) is 9.69 Å². The maximum Gasteiger partial charge on any atom is 0.261 e. The normalized spacial score (nSPS) is 11.3. The van der Waals surface area contributed by atoms with E-state index in [0.29, 0.717) is 6.54 Å². The zero-order valence-electron chi connectivity index (χ0n) is 16.3. The molecule has 3 rings (SSSR count). The Morgan fingerprint density at radius 3 is 2.74 bits per heavy atom. The van der Waals surface area contributed by atoms with E-state index < -0.39 is 0 Å². The molecule has 1 aromatic heterocycles. The van der Waals surface area contributed by atoms with Crippen molar-refractivity contribution in [3.8, 4) is 0 Å². The van der Waals surface area contributed by atoms with E-state index in [1.54, 1.807) is 23.1 Å². The molecule has 0 saturated heterocycles. The number of rotatable bonds is 7. The number of nitrogens with one attached hydrogen (secondary N) is 1. The molecule has 3 aromatic rings. The number of hydrogen-bond donors (Lipinski definition) is 1. The number of amides is 1. The van der Waals surface area contributed by atoms with Crippen LogP contribution in [0.4, 0.5) is 5.13 Å². The third kappa shape index (κ3) is 4.69. The van der Waals surface area contributed by atoms with E-state index in [1.807, 2.05) is 41.5 Å². The zero-order chi connectivity index (χ0) is 19.4. The molecule has 1 N–H and O–H groups in total. The molecule has 0 radical (unpaired) electrons. The van der Waals surface area contributed by atoms with Crippen LogP contribution in [0.3, 0.4) is 0 Å². The van der Waals surface area contributed by atoms with Crippen molar-refractivity contribution in [1.82, 2.24) is 4.98 Å². The van der Waals surface area contributed by atoms with Crippen molar-refractivity contribution >= 4 is 44.4 Å². The summed E-state index contributed by atoms with van der Waals surface area (Å²) in [6, 6.07) is 14.1. The Labute approximate surface area is 169 Å². The minimum Gasteiger partial charge on any atom is -0.340 e. The first-order valence-electron chi connectivity index (χ1n) is 9.10. The fraction of sp³-hybridized carbons (Fsp3) is 0.333. The highest BCUT2D eigenvalue weighted by molar-refractivity contribution is 7.98. The number of carbonyl (C=O) groups excluding carboxylic acids is 1. The van der Waals surface area contributed by atoms with Gasteiger partial charge in [-0.25, -0.2) is 4.98 Å². The number of carbonyl (C=O) groups is 1. The van der Waals surface area contributed by atoms with Gasteiger partial charge in [0, 0.05) is 17.9 Å². The molecule has 0 unspecified atom stereocenters. The Morgan fingerprint density at radius 1 is 1.22 bits per heavy atom. The molecule has 4 nitrogen and oxygen atoms in total. The van der Waals surface area contributed by atoms with E-state index in [4.69, 9.17) is 4.98 Å². The summed E-state index contributed by atoms with van der Waals surface area (Å²) in [7, 11) is 4.27. The predicted octanol–water partition coefficient (Wildman–Crippen LogP) is 3.51. The van der Waals surface area contributed by atoms with E-state index >= 15 is 0 Å². The molecule has 0 fully saturated rings. The number of aromatic nitrogens is 1. The van der Waals surface area contributed by atoms with Crippen molar-refractivity contribution < 1.29 is 9.69 Å². The first-order chi connectivity index (χ1) is 13.0. The van der Waals surface area contributed by atoms with Crippen molar-refractivity contribution in [3.05, 3.63) is 53.6 Å². The number of aryl methyl sites for hydroxylation is 1. The summed E-state index contributed by atoms with van der Waals surface area (Å²) in [4.78, 5) is 22.4. The van der Waals surface area contributed by atoms with Crippen LogP contribution in [0, 0.1) is 6.92 Å². The van der Waals surface area contributed by atoms with Gasteiger partial charge < -0.3 is 4.90 Å². The standard InChI is InChI=1S/C21H25N3OS2/c1-15-10-11-17-19(14-15)27-21(22-17)24(13-7-12-23(2)3)20(25)16-8-5-6-9-18(16)26-4/h5-6,8-11,14H,7,12-13H2,1-4H3/p+1. The monoisotopic (exact) mass is 400 g/mol. The molecule has 0 spiro atoms. The summed E-state index contributed by atoms with van der Waals surface area (Å²) in [5, 5.41) is 0.783. The van der Waals surface area contributed by atoms with Crippen LogP contribution in [0.15, 0.2) is 47.4 Å². The van der Waals surface area contributed by atoms with Crippen LogP contribution in [0.5, 0.6) is 0 Å². The molecule has 6 heteroatoms. The SMILES string of the molecule is CSc1ccccc1C(=O)N(CCC[NH+](C)C)c1nc2ccc(C)cc2s1. The number of quaternary nitrogens is 1. The van der Waals surface area contributed by atoms with Crippen molar-refractivity contribution in [2.45, 2.75) is 18.2 Å². The van der Waals surface area contributed by atoms with Crippen molar-refractivity contribution in [1.29, 1.82) is 0 Å². The maximum absolute atomic E-state index is 13.4. The number of anilines is 1. The van der Waals surface area contributed by atoms with Gasteiger partial charge in [-0.15, -0.1) is 11.8 Å². The molecule has 1 heterocycles. The molecular weight excluding hydrogens is 374 g/mol. The van der Waals surface area contributed by atoms with E-state index in [0.717, 1.165) is 38.8 Å². The molecular formula is C21H26N3OS2+. The third-order valence-corrected chi connectivity index (χ3v) is 6.24. The molecule has 0 atom stereocenters. The van der Waals surface area contributed by atoms with Crippen LogP contribution >= 0.6 is 23.1 Å².